The van der Waals surface area contributed by atoms with Crippen LogP contribution >= 0.6 is 23.6 Å². The zero-order valence-electron chi connectivity index (χ0n) is 21.2. The minimum absolute atomic E-state index is 0.0976. The maximum absolute atomic E-state index is 13.0. The number of nitrogens with zero attached hydrogens (tertiary/aromatic N) is 1. The average molecular weight is 526 g/mol. The van der Waals surface area contributed by atoms with Crippen LogP contribution in [0.1, 0.15) is 71.5 Å². The second-order valence-electron chi connectivity index (χ2n) is 9.82. The van der Waals surface area contributed by atoms with Crippen molar-refractivity contribution in [3.63, 3.8) is 0 Å². The number of fused-ring (bicyclic) bond motifs is 3. The molecule has 0 unspecified atom stereocenters. The maximum atomic E-state index is 13.0. The second-order valence-corrected chi connectivity index (χ2v) is 11.2. The molecule has 0 radical (unpaired) electrons. The van der Waals surface area contributed by atoms with Crippen molar-refractivity contribution in [3.05, 3.63) is 57.6 Å². The van der Waals surface area contributed by atoms with Crippen LogP contribution in [0.2, 0.25) is 0 Å². The third kappa shape index (κ3) is 5.58. The first kappa shape index (κ1) is 26.2. The van der Waals surface area contributed by atoms with E-state index < -0.39 is 5.97 Å². The molecule has 1 amide bonds. The van der Waals surface area contributed by atoms with Gasteiger partial charge in [0.1, 0.15) is 9.71 Å². The molecule has 1 aliphatic heterocycles. The smallest absolute Gasteiger partial charge is 0.350 e. The van der Waals surface area contributed by atoms with Crippen molar-refractivity contribution >= 4 is 56.4 Å². The van der Waals surface area contributed by atoms with E-state index in [9.17, 15) is 9.59 Å². The van der Waals surface area contributed by atoms with Crippen molar-refractivity contribution in [2.75, 3.05) is 11.9 Å². The molecule has 3 aromatic rings. The van der Waals surface area contributed by atoms with E-state index in [4.69, 9.17) is 26.7 Å². The summed E-state index contributed by atoms with van der Waals surface area (Å²) in [5.41, 5.74) is 3.78. The van der Waals surface area contributed by atoms with Gasteiger partial charge >= 0.3 is 5.97 Å². The minimum Gasteiger partial charge on any atom is -0.462 e. The number of pyridine rings is 1. The first-order valence-electron chi connectivity index (χ1n) is 12.0. The highest BCUT2D eigenvalue weighted by Gasteiger charge is 2.33. The van der Waals surface area contributed by atoms with Gasteiger partial charge in [-0.15, -0.1) is 11.3 Å². The van der Waals surface area contributed by atoms with Crippen molar-refractivity contribution in [2.24, 2.45) is 5.92 Å². The molecule has 1 aliphatic rings. The van der Waals surface area contributed by atoms with Crippen LogP contribution < -0.4 is 10.6 Å². The number of hydrogen-bond donors (Lipinski definition) is 2. The van der Waals surface area contributed by atoms with Crippen molar-refractivity contribution in [1.82, 2.24) is 10.3 Å². The quantitative estimate of drug-likeness (QED) is 0.318. The Morgan fingerprint density at radius 2 is 1.94 bits per heavy atom. The Labute approximate surface area is 220 Å². The number of anilines is 1. The highest BCUT2D eigenvalue weighted by atomic mass is 32.1. The molecule has 2 aromatic heterocycles. The number of carbonyl (C=O) groups excluding carboxylic acids is 2. The van der Waals surface area contributed by atoms with Gasteiger partial charge in [-0.05, 0) is 63.0 Å². The number of aromatic nitrogens is 1. The van der Waals surface area contributed by atoms with Crippen LogP contribution in [0.4, 0.5) is 5.69 Å². The monoisotopic (exact) mass is 525 g/mol. The van der Waals surface area contributed by atoms with Crippen molar-refractivity contribution < 1.29 is 19.1 Å². The summed E-state index contributed by atoms with van der Waals surface area (Å²) >= 11 is 6.78. The van der Waals surface area contributed by atoms with Crippen molar-refractivity contribution in [1.29, 1.82) is 0 Å². The summed E-state index contributed by atoms with van der Waals surface area (Å²) in [6.45, 7) is 10.9. The molecule has 0 saturated carbocycles. The van der Waals surface area contributed by atoms with Gasteiger partial charge in [0.2, 0.25) is 0 Å². The van der Waals surface area contributed by atoms with E-state index in [1.54, 1.807) is 31.2 Å². The Balaban J connectivity index is 1.82. The van der Waals surface area contributed by atoms with Gasteiger partial charge in [-0.25, -0.2) is 9.78 Å². The predicted molar refractivity (Wildman–Crippen MR) is 147 cm³/mol. The van der Waals surface area contributed by atoms with Crippen LogP contribution in [0.15, 0.2) is 30.3 Å². The zero-order chi connectivity index (χ0) is 26.0. The van der Waals surface area contributed by atoms with Gasteiger partial charge in [0.15, 0.2) is 5.11 Å². The van der Waals surface area contributed by atoms with Gasteiger partial charge in [0.05, 0.1) is 24.5 Å². The Morgan fingerprint density at radius 1 is 1.22 bits per heavy atom. The number of thiophene rings is 1. The number of amides is 1. The lowest BCUT2D eigenvalue weighted by Gasteiger charge is -2.33. The van der Waals surface area contributed by atoms with Gasteiger partial charge < -0.3 is 14.8 Å². The molecule has 4 rings (SSSR count). The van der Waals surface area contributed by atoms with Crippen LogP contribution in [0.25, 0.3) is 10.2 Å². The molecule has 0 fully saturated rings. The van der Waals surface area contributed by atoms with Crippen LogP contribution in [0.5, 0.6) is 0 Å². The number of nitrogens with one attached hydrogen (secondary N) is 2. The van der Waals surface area contributed by atoms with Gasteiger partial charge in [-0.1, -0.05) is 32.0 Å². The van der Waals surface area contributed by atoms with Gasteiger partial charge in [-0.2, -0.15) is 0 Å². The Morgan fingerprint density at radius 3 is 2.61 bits per heavy atom. The number of carbonyl (C=O) groups is 2. The molecule has 190 valence electrons. The fourth-order valence-corrected chi connectivity index (χ4v) is 5.60. The third-order valence-corrected chi connectivity index (χ3v) is 7.18. The zero-order valence-corrected chi connectivity index (χ0v) is 22.8. The highest BCUT2D eigenvalue weighted by molar-refractivity contribution is 7.80. The SMILES string of the molecule is CCOC(=O)c1sc2nc(CC(C)C)c3c(c2c1NC(=S)NC(=O)c1ccccc1)CC(C)(C)OC3. The van der Waals surface area contributed by atoms with E-state index in [-0.39, 0.29) is 23.2 Å². The summed E-state index contributed by atoms with van der Waals surface area (Å²) in [5, 5.41) is 6.79. The van der Waals surface area contributed by atoms with Crippen LogP contribution in [0.3, 0.4) is 0 Å². The first-order valence-corrected chi connectivity index (χ1v) is 13.3. The topological polar surface area (TPSA) is 89.5 Å². The molecule has 0 saturated heterocycles. The molecule has 3 heterocycles. The summed E-state index contributed by atoms with van der Waals surface area (Å²) in [4.78, 5) is 31.8. The molecule has 2 N–H and O–H groups in total. The number of ether oxygens (including phenoxy) is 2. The van der Waals surface area contributed by atoms with Crippen molar-refractivity contribution in [2.45, 2.75) is 59.7 Å². The minimum atomic E-state index is -0.453. The summed E-state index contributed by atoms with van der Waals surface area (Å²) in [6, 6.07) is 8.83. The number of rotatable bonds is 6. The summed E-state index contributed by atoms with van der Waals surface area (Å²) < 4.78 is 11.5. The van der Waals surface area contributed by atoms with E-state index in [0.717, 1.165) is 33.5 Å². The van der Waals surface area contributed by atoms with E-state index in [1.165, 1.54) is 11.3 Å². The summed E-state index contributed by atoms with van der Waals surface area (Å²) in [6.07, 6.45) is 1.46. The Kier molecular flexibility index (Phi) is 7.73. The van der Waals surface area contributed by atoms with E-state index in [2.05, 4.69) is 38.3 Å². The van der Waals surface area contributed by atoms with Crippen LogP contribution in [0, 0.1) is 5.92 Å². The Hall–Kier alpha value is -2.88. The number of hydrogen-bond acceptors (Lipinski definition) is 7. The van der Waals surface area contributed by atoms with Crippen molar-refractivity contribution in [3.8, 4) is 0 Å². The number of thiocarbonyl (C=S) groups is 1. The predicted octanol–water partition coefficient (Wildman–Crippen LogP) is 5.65. The van der Waals surface area contributed by atoms with Gasteiger partial charge in [-0.3, -0.25) is 10.1 Å². The molecule has 0 bridgehead atoms. The molecular weight excluding hydrogens is 494 g/mol. The number of benzene rings is 1. The van der Waals surface area contributed by atoms with E-state index in [0.29, 0.717) is 35.1 Å². The lowest BCUT2D eigenvalue weighted by molar-refractivity contribution is -0.0402. The molecule has 0 aliphatic carbocycles. The van der Waals surface area contributed by atoms with Crippen LogP contribution in [-0.2, 0) is 28.9 Å². The van der Waals surface area contributed by atoms with Gasteiger partial charge in [0, 0.05) is 28.6 Å². The van der Waals surface area contributed by atoms with E-state index >= 15 is 0 Å². The number of esters is 1. The normalized spacial score (nSPS) is 14.4. The third-order valence-electron chi connectivity index (χ3n) is 5.91. The lowest BCUT2D eigenvalue weighted by atomic mass is 9.87. The summed E-state index contributed by atoms with van der Waals surface area (Å²) in [5.74, 6) is -0.373. The maximum Gasteiger partial charge on any atom is 0.350 e. The lowest BCUT2D eigenvalue weighted by Crippen LogP contribution is -2.35. The first-order chi connectivity index (χ1) is 17.1. The fourth-order valence-electron chi connectivity index (χ4n) is 4.33. The van der Waals surface area contributed by atoms with E-state index in [1.807, 2.05) is 6.07 Å². The molecule has 0 spiro atoms. The summed E-state index contributed by atoms with van der Waals surface area (Å²) in [7, 11) is 0. The fraction of sp³-hybridized carbons (Fsp3) is 0.407. The average Bonchev–Trinajstić information content (AvgIpc) is 3.16. The molecule has 9 heteroatoms. The second kappa shape index (κ2) is 10.6. The highest BCUT2D eigenvalue weighted by Crippen LogP contribution is 2.43. The molecule has 1 aromatic carbocycles. The largest absolute Gasteiger partial charge is 0.462 e. The molecular formula is C27H31N3O4S2. The van der Waals surface area contributed by atoms with Crippen LogP contribution in [-0.4, -0.2) is 34.2 Å². The van der Waals surface area contributed by atoms with Gasteiger partial charge in [0.25, 0.3) is 5.91 Å². The molecule has 7 nitrogen and oxygen atoms in total. The molecule has 0 atom stereocenters. The Bertz CT molecular complexity index is 1320. The molecule has 36 heavy (non-hydrogen) atoms. The standard InChI is InChI=1S/C27H31N3O4S2/c1-6-33-25(32)22-21(29-26(35)30-23(31)16-10-8-7-9-11-16)20-17-13-27(4,5)34-14-18(17)19(12-15(2)3)28-24(20)36-22/h7-11,15H,6,12-14H2,1-5H3,(H2,29,30,31,35).